The Bertz CT molecular complexity index is 144. The van der Waals surface area contributed by atoms with Crippen molar-refractivity contribution in [3.63, 3.8) is 0 Å². The van der Waals surface area contributed by atoms with Crippen molar-refractivity contribution in [1.29, 1.82) is 0 Å². The van der Waals surface area contributed by atoms with Crippen LogP contribution < -0.4 is 5.32 Å². The van der Waals surface area contributed by atoms with Gasteiger partial charge >= 0.3 is 6.18 Å². The molecule has 66 valence electrons. The van der Waals surface area contributed by atoms with Crippen LogP contribution in [0.1, 0.15) is 6.42 Å². The van der Waals surface area contributed by atoms with Crippen molar-refractivity contribution in [2.45, 2.75) is 12.6 Å². The maximum atomic E-state index is 11.6. The summed E-state index contributed by atoms with van der Waals surface area (Å²) in [7, 11) is 0. The van der Waals surface area contributed by atoms with Gasteiger partial charge in [0.05, 0.1) is 0 Å². The van der Waals surface area contributed by atoms with Crippen LogP contribution in [-0.2, 0) is 0 Å². The van der Waals surface area contributed by atoms with Gasteiger partial charge in [0.2, 0.25) is 0 Å². The molecule has 1 rings (SSSR count). The second-order valence-corrected chi connectivity index (χ2v) is 2.27. The smallest absolute Gasteiger partial charge is 0.313 e. The summed E-state index contributed by atoms with van der Waals surface area (Å²) < 4.78 is 34.8. The maximum Gasteiger partial charge on any atom is 0.409 e. The van der Waals surface area contributed by atoms with Crippen LogP contribution in [0.5, 0.6) is 0 Å². The Morgan fingerprint density at radius 3 is 2.36 bits per heavy atom. The Labute approximate surface area is 69.1 Å². The molecule has 1 nitrogen and oxygen atoms in total. The van der Waals surface area contributed by atoms with Crippen molar-refractivity contribution in [3.05, 3.63) is 11.6 Å². The van der Waals surface area contributed by atoms with Gasteiger partial charge in [-0.3, -0.25) is 0 Å². The topological polar surface area (TPSA) is 12.0 Å². The molecular formula is C6H9ClF3N. The SMILES string of the molecule is Cl.FC(F)(F)/C=C1\CCNC1. The monoisotopic (exact) mass is 187 g/mol. The predicted molar refractivity (Wildman–Crippen MR) is 38.9 cm³/mol. The highest BCUT2D eigenvalue weighted by Crippen LogP contribution is 2.20. The van der Waals surface area contributed by atoms with Gasteiger partial charge in [0, 0.05) is 12.6 Å². The van der Waals surface area contributed by atoms with E-state index in [0.29, 0.717) is 31.2 Å². The predicted octanol–water partition coefficient (Wildman–Crippen LogP) is 1.89. The molecule has 0 atom stereocenters. The normalized spacial score (nSPS) is 21.9. The lowest BCUT2D eigenvalue weighted by Gasteiger charge is -1.99. The molecule has 0 bridgehead atoms. The molecule has 1 N–H and O–H groups in total. The average molecular weight is 188 g/mol. The largest absolute Gasteiger partial charge is 0.409 e. The highest BCUT2D eigenvalue weighted by molar-refractivity contribution is 5.85. The summed E-state index contributed by atoms with van der Waals surface area (Å²) in [6.45, 7) is 1.06. The zero-order valence-corrected chi connectivity index (χ0v) is 6.56. The van der Waals surface area contributed by atoms with Crippen LogP contribution in [0.25, 0.3) is 0 Å². The quantitative estimate of drug-likeness (QED) is 0.571. The first kappa shape index (κ1) is 10.8. The van der Waals surface area contributed by atoms with Crippen LogP contribution in [0.15, 0.2) is 11.6 Å². The highest BCUT2D eigenvalue weighted by atomic mass is 35.5. The third-order valence-corrected chi connectivity index (χ3v) is 1.34. The van der Waals surface area contributed by atoms with Gasteiger partial charge in [0.25, 0.3) is 0 Å². The molecule has 0 radical (unpaired) electrons. The van der Waals surface area contributed by atoms with E-state index < -0.39 is 6.18 Å². The first-order chi connectivity index (χ1) is 4.58. The Hall–Kier alpha value is -0.220. The third-order valence-electron chi connectivity index (χ3n) is 1.34. The van der Waals surface area contributed by atoms with Crippen LogP contribution in [-0.4, -0.2) is 19.3 Å². The molecule has 1 heterocycles. The van der Waals surface area contributed by atoms with Gasteiger partial charge in [-0.05, 0) is 13.0 Å². The minimum absolute atomic E-state index is 0. The van der Waals surface area contributed by atoms with E-state index in [0.717, 1.165) is 0 Å². The second kappa shape index (κ2) is 3.97. The molecule has 1 saturated heterocycles. The van der Waals surface area contributed by atoms with Gasteiger partial charge in [0.15, 0.2) is 0 Å². The van der Waals surface area contributed by atoms with Crippen molar-refractivity contribution in [2.75, 3.05) is 13.1 Å². The molecule has 1 fully saturated rings. The number of alkyl halides is 3. The number of halogens is 4. The summed E-state index contributed by atoms with van der Waals surface area (Å²) in [5.74, 6) is 0. The Morgan fingerprint density at radius 2 is 2.00 bits per heavy atom. The van der Waals surface area contributed by atoms with Crippen molar-refractivity contribution >= 4 is 12.4 Å². The number of hydrogen-bond donors (Lipinski definition) is 1. The molecule has 5 heteroatoms. The van der Waals surface area contributed by atoms with Gasteiger partial charge in [0.1, 0.15) is 0 Å². The summed E-state index contributed by atoms with van der Waals surface area (Å²) in [6, 6.07) is 0. The summed E-state index contributed by atoms with van der Waals surface area (Å²) in [5.41, 5.74) is 0.451. The molecule has 1 aliphatic heterocycles. The Morgan fingerprint density at radius 1 is 1.36 bits per heavy atom. The van der Waals surface area contributed by atoms with E-state index in [1.807, 2.05) is 0 Å². The molecule has 0 unspecified atom stereocenters. The van der Waals surface area contributed by atoms with Crippen molar-refractivity contribution in [3.8, 4) is 0 Å². The van der Waals surface area contributed by atoms with E-state index in [2.05, 4.69) is 5.32 Å². The molecule has 0 spiro atoms. The lowest BCUT2D eigenvalue weighted by molar-refractivity contribution is -0.0805. The zero-order chi connectivity index (χ0) is 7.61. The average Bonchev–Trinajstić information content (AvgIpc) is 2.12. The summed E-state index contributed by atoms with van der Waals surface area (Å²) in [4.78, 5) is 0. The standard InChI is InChI=1S/C6H8F3N.ClH/c7-6(8,9)3-5-1-2-10-4-5;/h3,10H,1-2,4H2;1H/b5-3+;. The first-order valence-corrected chi connectivity index (χ1v) is 3.06. The third kappa shape index (κ3) is 4.27. The number of nitrogens with one attached hydrogen (secondary N) is 1. The van der Waals surface area contributed by atoms with E-state index in [4.69, 9.17) is 0 Å². The van der Waals surface area contributed by atoms with E-state index >= 15 is 0 Å². The molecule has 0 aliphatic carbocycles. The lowest BCUT2D eigenvalue weighted by Crippen LogP contribution is -2.07. The van der Waals surface area contributed by atoms with Crippen LogP contribution in [0.4, 0.5) is 13.2 Å². The van der Waals surface area contributed by atoms with Gasteiger partial charge < -0.3 is 5.32 Å². The summed E-state index contributed by atoms with van der Waals surface area (Å²) >= 11 is 0. The van der Waals surface area contributed by atoms with Crippen molar-refractivity contribution in [2.24, 2.45) is 0 Å². The summed E-state index contributed by atoms with van der Waals surface area (Å²) in [5, 5.41) is 2.83. The van der Waals surface area contributed by atoms with Gasteiger partial charge in [-0.15, -0.1) is 12.4 Å². The highest BCUT2D eigenvalue weighted by Gasteiger charge is 2.25. The maximum absolute atomic E-state index is 11.6. The van der Waals surface area contributed by atoms with Crippen LogP contribution >= 0.6 is 12.4 Å². The van der Waals surface area contributed by atoms with Crippen LogP contribution in [0.2, 0.25) is 0 Å². The van der Waals surface area contributed by atoms with Gasteiger partial charge in [-0.25, -0.2) is 0 Å². The number of allylic oxidation sites excluding steroid dienone is 1. The molecule has 0 aromatic carbocycles. The zero-order valence-electron chi connectivity index (χ0n) is 5.74. The lowest BCUT2D eigenvalue weighted by atomic mass is 10.2. The fourth-order valence-corrected chi connectivity index (χ4v) is 0.941. The molecule has 0 amide bonds. The van der Waals surface area contributed by atoms with Gasteiger partial charge in [-0.2, -0.15) is 13.2 Å². The molecule has 1 aliphatic rings. The van der Waals surface area contributed by atoms with Crippen LogP contribution in [0, 0.1) is 0 Å². The van der Waals surface area contributed by atoms with E-state index in [1.54, 1.807) is 0 Å². The second-order valence-electron chi connectivity index (χ2n) is 2.27. The minimum atomic E-state index is -4.14. The van der Waals surface area contributed by atoms with E-state index in [1.165, 1.54) is 0 Å². The Balaban J connectivity index is 0.000001000. The van der Waals surface area contributed by atoms with Crippen LogP contribution in [0.3, 0.4) is 0 Å². The molecular weight excluding hydrogens is 179 g/mol. The van der Waals surface area contributed by atoms with Gasteiger partial charge in [-0.1, -0.05) is 5.57 Å². The summed E-state index contributed by atoms with van der Waals surface area (Å²) in [6.07, 6.45) is -3.23. The molecule has 0 aromatic rings. The van der Waals surface area contributed by atoms with E-state index in [-0.39, 0.29) is 12.4 Å². The molecule has 0 aromatic heterocycles. The van der Waals surface area contributed by atoms with Crippen molar-refractivity contribution < 1.29 is 13.2 Å². The van der Waals surface area contributed by atoms with Crippen molar-refractivity contribution in [1.82, 2.24) is 5.32 Å². The molecule has 11 heavy (non-hydrogen) atoms. The number of hydrogen-bond acceptors (Lipinski definition) is 1. The minimum Gasteiger partial charge on any atom is -0.313 e. The number of rotatable bonds is 0. The fraction of sp³-hybridized carbons (Fsp3) is 0.667. The molecule has 0 saturated carbocycles. The van der Waals surface area contributed by atoms with E-state index in [9.17, 15) is 13.2 Å². The Kier molecular flexibility index (Phi) is 3.89. The first-order valence-electron chi connectivity index (χ1n) is 3.06. The fourth-order valence-electron chi connectivity index (χ4n) is 0.941.